The lowest BCUT2D eigenvalue weighted by Gasteiger charge is -2.36. The highest BCUT2D eigenvalue weighted by Crippen LogP contribution is 2.23. The summed E-state index contributed by atoms with van der Waals surface area (Å²) in [5.41, 5.74) is 0.543. The summed E-state index contributed by atoms with van der Waals surface area (Å²) in [6.45, 7) is 3.96. The maximum atomic E-state index is 13.7. The van der Waals surface area contributed by atoms with Crippen LogP contribution in [0.25, 0.3) is 0 Å². The Labute approximate surface area is 117 Å². The first kappa shape index (κ1) is 14.1. The molecule has 100 valence electrons. The number of rotatable bonds is 3. The van der Waals surface area contributed by atoms with Crippen LogP contribution >= 0.6 is 23.2 Å². The number of hydrogen-bond donors (Lipinski definition) is 0. The van der Waals surface area contributed by atoms with E-state index in [4.69, 9.17) is 27.9 Å². The molecule has 2 unspecified atom stereocenters. The highest BCUT2D eigenvalue weighted by atomic mass is 35.5. The second-order valence-electron chi connectivity index (χ2n) is 4.62. The molecule has 2 rings (SSSR count). The largest absolute Gasteiger partial charge is 0.371 e. The van der Waals surface area contributed by atoms with Crippen molar-refractivity contribution in [2.45, 2.75) is 25.7 Å². The number of morpholine rings is 1. The first-order valence-electron chi connectivity index (χ1n) is 5.96. The Hall–Kier alpha value is -0.350. The van der Waals surface area contributed by atoms with Crippen LogP contribution in [0.15, 0.2) is 18.2 Å². The van der Waals surface area contributed by atoms with Crippen LogP contribution in [0.2, 0.25) is 5.02 Å². The van der Waals surface area contributed by atoms with Gasteiger partial charge in [-0.1, -0.05) is 17.7 Å². The van der Waals surface area contributed by atoms with Crippen molar-refractivity contribution in [3.63, 3.8) is 0 Å². The fourth-order valence-electron chi connectivity index (χ4n) is 2.26. The summed E-state index contributed by atoms with van der Waals surface area (Å²) in [5.74, 6) is 0.190. The molecule has 1 fully saturated rings. The van der Waals surface area contributed by atoms with Crippen LogP contribution in [-0.4, -0.2) is 36.1 Å². The molecular formula is C13H16Cl2FNO. The summed E-state index contributed by atoms with van der Waals surface area (Å²) < 4.78 is 19.4. The molecule has 2 atom stereocenters. The fourth-order valence-corrected chi connectivity index (χ4v) is 2.66. The molecule has 0 amide bonds. The van der Waals surface area contributed by atoms with Gasteiger partial charge in [0.15, 0.2) is 0 Å². The SMILES string of the molecule is CC1CN(Cc2c(F)cccc2Cl)CC(CCl)O1. The number of benzene rings is 1. The predicted molar refractivity (Wildman–Crippen MR) is 71.7 cm³/mol. The van der Waals surface area contributed by atoms with Crippen molar-refractivity contribution < 1.29 is 9.13 Å². The second-order valence-corrected chi connectivity index (χ2v) is 5.33. The van der Waals surface area contributed by atoms with Crippen molar-refractivity contribution in [2.75, 3.05) is 19.0 Å². The molecule has 1 aromatic carbocycles. The molecule has 1 heterocycles. The predicted octanol–water partition coefficient (Wildman–Crippen LogP) is 3.31. The maximum Gasteiger partial charge on any atom is 0.129 e. The quantitative estimate of drug-likeness (QED) is 0.793. The standard InChI is InChI=1S/C13H16Cl2FNO/c1-9-6-17(7-10(5-14)18-9)8-11-12(15)3-2-4-13(11)16/h2-4,9-10H,5-8H2,1H3. The van der Waals surface area contributed by atoms with Gasteiger partial charge in [0, 0.05) is 36.1 Å². The average Bonchev–Trinajstić information content (AvgIpc) is 2.33. The van der Waals surface area contributed by atoms with Crippen LogP contribution in [0.3, 0.4) is 0 Å². The summed E-state index contributed by atoms with van der Waals surface area (Å²) in [7, 11) is 0. The van der Waals surface area contributed by atoms with Gasteiger partial charge in [0.2, 0.25) is 0 Å². The van der Waals surface area contributed by atoms with E-state index in [1.165, 1.54) is 6.07 Å². The van der Waals surface area contributed by atoms with E-state index in [0.717, 1.165) is 6.54 Å². The third kappa shape index (κ3) is 3.35. The van der Waals surface area contributed by atoms with Crippen molar-refractivity contribution in [2.24, 2.45) is 0 Å². The first-order chi connectivity index (χ1) is 8.60. The number of halogens is 3. The van der Waals surface area contributed by atoms with E-state index in [1.807, 2.05) is 6.92 Å². The van der Waals surface area contributed by atoms with Crippen molar-refractivity contribution in [1.82, 2.24) is 4.90 Å². The molecular weight excluding hydrogens is 276 g/mol. The lowest BCUT2D eigenvalue weighted by atomic mass is 10.1. The number of ether oxygens (including phenoxy) is 1. The molecule has 0 N–H and O–H groups in total. The van der Waals surface area contributed by atoms with Crippen molar-refractivity contribution in [3.05, 3.63) is 34.6 Å². The maximum absolute atomic E-state index is 13.7. The van der Waals surface area contributed by atoms with Crippen LogP contribution in [0.5, 0.6) is 0 Å². The molecule has 1 aromatic rings. The molecule has 5 heteroatoms. The zero-order valence-corrected chi connectivity index (χ0v) is 11.7. The summed E-state index contributed by atoms with van der Waals surface area (Å²) in [6, 6.07) is 4.76. The summed E-state index contributed by atoms with van der Waals surface area (Å²) >= 11 is 11.9. The molecule has 1 aliphatic rings. The molecule has 1 saturated heterocycles. The summed E-state index contributed by atoms with van der Waals surface area (Å²) in [5, 5.41) is 0.469. The highest BCUT2D eigenvalue weighted by molar-refractivity contribution is 6.31. The molecule has 0 spiro atoms. The van der Waals surface area contributed by atoms with Gasteiger partial charge in [0.05, 0.1) is 12.2 Å². The summed E-state index contributed by atoms with van der Waals surface area (Å²) in [6.07, 6.45) is 0.106. The van der Waals surface area contributed by atoms with Gasteiger partial charge < -0.3 is 4.74 Å². The number of nitrogens with zero attached hydrogens (tertiary/aromatic N) is 1. The molecule has 18 heavy (non-hydrogen) atoms. The van der Waals surface area contributed by atoms with Crippen molar-refractivity contribution in [3.8, 4) is 0 Å². The zero-order valence-electron chi connectivity index (χ0n) is 10.2. The van der Waals surface area contributed by atoms with E-state index in [2.05, 4.69) is 4.90 Å². The molecule has 0 bridgehead atoms. The molecule has 2 nitrogen and oxygen atoms in total. The smallest absolute Gasteiger partial charge is 0.129 e. The molecule has 0 aromatic heterocycles. The third-order valence-corrected chi connectivity index (χ3v) is 3.72. The number of hydrogen-bond acceptors (Lipinski definition) is 2. The van der Waals surface area contributed by atoms with Crippen LogP contribution in [0, 0.1) is 5.82 Å². The lowest BCUT2D eigenvalue weighted by Crippen LogP contribution is -2.46. The third-order valence-electron chi connectivity index (χ3n) is 3.02. The van der Waals surface area contributed by atoms with Crippen molar-refractivity contribution >= 4 is 23.2 Å². The van der Waals surface area contributed by atoms with Crippen LogP contribution in [-0.2, 0) is 11.3 Å². The Morgan fingerprint density at radius 3 is 2.89 bits per heavy atom. The Morgan fingerprint density at radius 2 is 2.22 bits per heavy atom. The van der Waals surface area contributed by atoms with Crippen molar-refractivity contribution in [1.29, 1.82) is 0 Å². The second kappa shape index (κ2) is 6.20. The number of alkyl halides is 1. The van der Waals surface area contributed by atoms with E-state index in [1.54, 1.807) is 12.1 Å². The van der Waals surface area contributed by atoms with E-state index in [-0.39, 0.29) is 18.0 Å². The topological polar surface area (TPSA) is 12.5 Å². The van der Waals surface area contributed by atoms with Gasteiger partial charge in [-0.15, -0.1) is 11.6 Å². The van der Waals surface area contributed by atoms with E-state index < -0.39 is 0 Å². The lowest BCUT2D eigenvalue weighted by molar-refractivity contribution is -0.0691. The Kier molecular flexibility index (Phi) is 4.84. The van der Waals surface area contributed by atoms with Gasteiger partial charge in [0.1, 0.15) is 5.82 Å². The minimum absolute atomic E-state index is 0.000894. The zero-order chi connectivity index (χ0) is 13.1. The van der Waals surface area contributed by atoms with Crippen LogP contribution < -0.4 is 0 Å². The van der Waals surface area contributed by atoms with E-state index in [0.29, 0.717) is 29.6 Å². The highest BCUT2D eigenvalue weighted by Gasteiger charge is 2.25. The van der Waals surface area contributed by atoms with Gasteiger partial charge in [-0.25, -0.2) is 4.39 Å². The van der Waals surface area contributed by atoms with Gasteiger partial charge in [-0.3, -0.25) is 4.90 Å². The molecule has 0 aliphatic carbocycles. The van der Waals surface area contributed by atoms with Gasteiger partial charge in [-0.05, 0) is 19.1 Å². The molecule has 0 saturated carbocycles. The van der Waals surface area contributed by atoms with Gasteiger partial charge in [0.25, 0.3) is 0 Å². The monoisotopic (exact) mass is 291 g/mol. The van der Waals surface area contributed by atoms with Gasteiger partial charge >= 0.3 is 0 Å². The molecule has 0 radical (unpaired) electrons. The summed E-state index contributed by atoms with van der Waals surface area (Å²) in [4.78, 5) is 2.13. The van der Waals surface area contributed by atoms with E-state index >= 15 is 0 Å². The normalized spacial score (nSPS) is 25.3. The Balaban J connectivity index is 2.08. The average molecular weight is 292 g/mol. The minimum atomic E-state index is -0.260. The van der Waals surface area contributed by atoms with E-state index in [9.17, 15) is 4.39 Å². The first-order valence-corrected chi connectivity index (χ1v) is 6.88. The minimum Gasteiger partial charge on any atom is -0.371 e. The Morgan fingerprint density at radius 1 is 1.44 bits per heavy atom. The molecule has 1 aliphatic heterocycles. The van der Waals surface area contributed by atoms with Gasteiger partial charge in [-0.2, -0.15) is 0 Å². The Bertz CT molecular complexity index is 396. The fraction of sp³-hybridized carbons (Fsp3) is 0.538. The van der Waals surface area contributed by atoms with Crippen LogP contribution in [0.4, 0.5) is 4.39 Å². The van der Waals surface area contributed by atoms with Crippen LogP contribution in [0.1, 0.15) is 12.5 Å².